The molecule has 1 aromatic heterocycles. The Morgan fingerprint density at radius 1 is 1.22 bits per heavy atom. The van der Waals surface area contributed by atoms with Gasteiger partial charge in [-0.2, -0.15) is 8.62 Å². The number of phosphoric ester groups is 1. The summed E-state index contributed by atoms with van der Waals surface area (Å²) >= 11 is 0. The Bertz CT molecular complexity index is 1130. The van der Waals surface area contributed by atoms with Crippen LogP contribution in [0.25, 0.3) is 0 Å². The van der Waals surface area contributed by atoms with Crippen molar-refractivity contribution in [3.8, 4) is 12.3 Å². The fourth-order valence-corrected chi connectivity index (χ4v) is 5.57. The molecule has 1 aliphatic rings. The third-order valence-corrected chi connectivity index (χ3v) is 7.37. The van der Waals surface area contributed by atoms with Crippen molar-refractivity contribution in [2.24, 2.45) is 0 Å². The lowest BCUT2D eigenvalue weighted by Crippen LogP contribution is -2.39. The predicted octanol–water partition coefficient (Wildman–Crippen LogP) is -1.49. The molecular formula is C12H17N2O15P3. The SMILES string of the molecule is C#CCOC1(COP(=O)(O)OP(=O)(O)OP(=O)(O)O)CC(O)C(n2ccc(=O)[nH]c2=O)O1. The normalized spacial score (nSPS) is 27.4. The van der Waals surface area contributed by atoms with Gasteiger partial charge < -0.3 is 34.2 Å². The summed E-state index contributed by atoms with van der Waals surface area (Å²) in [7, 11) is -16.9. The van der Waals surface area contributed by atoms with Gasteiger partial charge in [0.2, 0.25) is 0 Å². The first-order chi connectivity index (χ1) is 14.6. The standard InChI is InChI=1S/C12H17N2O15P3/c1-2-5-25-12(7-26-31(21,22)29-32(23,24)28-30(18,19)20)6-8(15)10(27-12)14-4-3-9(16)13-11(14)17/h1,3-4,8,10,15H,5-7H2,(H,21,22)(H,23,24)(H,13,16,17)(H2,18,19,20). The van der Waals surface area contributed by atoms with Gasteiger partial charge in [0, 0.05) is 18.7 Å². The average molecular weight is 522 g/mol. The summed E-state index contributed by atoms with van der Waals surface area (Å²) in [6.45, 7) is -1.58. The van der Waals surface area contributed by atoms with E-state index in [4.69, 9.17) is 25.7 Å². The monoisotopic (exact) mass is 522 g/mol. The molecule has 0 bridgehead atoms. The Hall–Kier alpha value is -1.47. The number of H-pyrrole nitrogens is 1. The minimum absolute atomic E-state index is 0.486. The molecule has 1 fully saturated rings. The van der Waals surface area contributed by atoms with Gasteiger partial charge in [-0.3, -0.25) is 18.9 Å². The summed E-state index contributed by atoms with van der Waals surface area (Å²) in [4.78, 5) is 60.9. The van der Waals surface area contributed by atoms with E-state index in [1.54, 1.807) is 0 Å². The van der Waals surface area contributed by atoms with E-state index in [1.165, 1.54) is 0 Å². The number of nitrogens with one attached hydrogen (secondary N) is 1. The third-order valence-electron chi connectivity index (χ3n) is 3.59. The van der Waals surface area contributed by atoms with Gasteiger partial charge in [0.05, 0.1) is 0 Å². The highest BCUT2D eigenvalue weighted by atomic mass is 31.3. The summed E-state index contributed by atoms with van der Waals surface area (Å²) < 4.78 is 57.1. The van der Waals surface area contributed by atoms with E-state index in [-0.39, 0.29) is 0 Å². The number of ether oxygens (including phenoxy) is 2. The first-order valence-electron chi connectivity index (χ1n) is 8.10. The number of nitrogens with zero attached hydrogens (tertiary/aromatic N) is 1. The van der Waals surface area contributed by atoms with Crippen LogP contribution < -0.4 is 11.2 Å². The molecule has 17 nitrogen and oxygen atoms in total. The van der Waals surface area contributed by atoms with E-state index < -0.39 is 72.5 Å². The van der Waals surface area contributed by atoms with E-state index in [1.807, 2.05) is 4.98 Å². The molecule has 0 amide bonds. The highest BCUT2D eigenvalue weighted by Crippen LogP contribution is 2.66. The Kier molecular flexibility index (Phi) is 8.20. The van der Waals surface area contributed by atoms with Crippen molar-refractivity contribution in [3.05, 3.63) is 33.1 Å². The van der Waals surface area contributed by atoms with Crippen LogP contribution in [0.2, 0.25) is 0 Å². The number of phosphoric acid groups is 3. The van der Waals surface area contributed by atoms with Gasteiger partial charge in [-0.05, 0) is 0 Å². The first-order valence-corrected chi connectivity index (χ1v) is 12.6. The summed E-state index contributed by atoms with van der Waals surface area (Å²) in [5.41, 5.74) is -1.71. The molecule has 20 heteroatoms. The molecule has 5 unspecified atom stereocenters. The molecule has 6 N–H and O–H groups in total. The smallest absolute Gasteiger partial charge is 0.388 e. The van der Waals surface area contributed by atoms with Gasteiger partial charge in [0.15, 0.2) is 12.0 Å². The molecule has 0 aromatic carbocycles. The summed E-state index contributed by atoms with van der Waals surface area (Å²) in [6.07, 6.45) is 2.59. The Labute approximate surface area is 178 Å². The lowest BCUT2D eigenvalue weighted by Gasteiger charge is -2.29. The topological polar surface area (TPSA) is 253 Å². The molecule has 2 heterocycles. The second-order valence-corrected chi connectivity index (χ2v) is 10.5. The van der Waals surface area contributed by atoms with Crippen LogP contribution >= 0.6 is 23.5 Å². The predicted molar refractivity (Wildman–Crippen MR) is 99.4 cm³/mol. The lowest BCUT2D eigenvalue weighted by atomic mass is 10.1. The van der Waals surface area contributed by atoms with Crippen LogP contribution in [0.3, 0.4) is 0 Å². The molecule has 1 aliphatic heterocycles. The second-order valence-electron chi connectivity index (χ2n) is 6.07. The number of terminal acetylenes is 1. The van der Waals surface area contributed by atoms with E-state index in [0.29, 0.717) is 0 Å². The Balaban J connectivity index is 2.21. The quantitative estimate of drug-likeness (QED) is 0.151. The van der Waals surface area contributed by atoms with Gasteiger partial charge in [0.1, 0.15) is 19.3 Å². The van der Waals surface area contributed by atoms with Crippen molar-refractivity contribution in [2.75, 3.05) is 13.2 Å². The van der Waals surface area contributed by atoms with E-state index in [0.717, 1.165) is 16.8 Å². The number of hydrogen-bond donors (Lipinski definition) is 6. The number of aliphatic hydroxyl groups excluding tert-OH is 1. The minimum Gasteiger partial charge on any atom is -0.388 e. The molecule has 5 atom stereocenters. The zero-order chi connectivity index (χ0) is 24.4. The van der Waals surface area contributed by atoms with Crippen LogP contribution in [-0.2, 0) is 36.3 Å². The maximum Gasteiger partial charge on any atom is 0.490 e. The fraction of sp³-hybridized carbons (Fsp3) is 0.500. The molecule has 1 saturated heterocycles. The molecule has 0 spiro atoms. The molecule has 2 rings (SSSR count). The highest BCUT2D eigenvalue weighted by Gasteiger charge is 2.51. The van der Waals surface area contributed by atoms with Crippen LogP contribution in [0.15, 0.2) is 21.9 Å². The molecule has 0 saturated carbocycles. The maximum atomic E-state index is 12.0. The van der Waals surface area contributed by atoms with E-state index in [9.17, 15) is 38.2 Å². The molecule has 1 aromatic rings. The zero-order valence-corrected chi connectivity index (χ0v) is 18.3. The van der Waals surface area contributed by atoms with Crippen molar-refractivity contribution in [1.82, 2.24) is 9.55 Å². The number of rotatable bonds is 10. The zero-order valence-electron chi connectivity index (χ0n) is 15.6. The fourth-order valence-electron chi connectivity index (χ4n) is 2.52. The largest absolute Gasteiger partial charge is 0.490 e. The molecular weight excluding hydrogens is 505 g/mol. The van der Waals surface area contributed by atoms with Gasteiger partial charge in [-0.15, -0.1) is 6.42 Å². The van der Waals surface area contributed by atoms with Crippen molar-refractivity contribution in [1.29, 1.82) is 0 Å². The Morgan fingerprint density at radius 2 is 1.88 bits per heavy atom. The van der Waals surface area contributed by atoms with E-state index >= 15 is 0 Å². The number of hydrogen-bond acceptors (Lipinski definition) is 11. The Morgan fingerprint density at radius 3 is 2.44 bits per heavy atom. The summed E-state index contributed by atoms with van der Waals surface area (Å²) in [6, 6.07) is 0.950. The number of aliphatic hydroxyl groups is 1. The summed E-state index contributed by atoms with van der Waals surface area (Å²) in [5.74, 6) is -0.0404. The highest BCUT2D eigenvalue weighted by molar-refractivity contribution is 7.66. The van der Waals surface area contributed by atoms with Crippen LogP contribution in [0.4, 0.5) is 0 Å². The lowest BCUT2D eigenvalue weighted by molar-refractivity contribution is -0.248. The van der Waals surface area contributed by atoms with Crippen molar-refractivity contribution >= 4 is 23.5 Å². The average Bonchev–Trinajstić information content (AvgIpc) is 2.92. The molecule has 32 heavy (non-hydrogen) atoms. The van der Waals surface area contributed by atoms with Gasteiger partial charge in [0.25, 0.3) is 5.56 Å². The van der Waals surface area contributed by atoms with Crippen molar-refractivity contribution < 1.29 is 61.0 Å². The van der Waals surface area contributed by atoms with Crippen molar-refractivity contribution in [3.63, 3.8) is 0 Å². The second kappa shape index (κ2) is 9.80. The van der Waals surface area contributed by atoms with Gasteiger partial charge in [-0.25, -0.2) is 18.5 Å². The van der Waals surface area contributed by atoms with Crippen molar-refractivity contribution in [2.45, 2.75) is 24.5 Å². The van der Waals surface area contributed by atoms with Gasteiger partial charge >= 0.3 is 29.2 Å². The van der Waals surface area contributed by atoms with Crippen LogP contribution in [0, 0.1) is 12.3 Å². The third kappa shape index (κ3) is 7.55. The molecule has 0 radical (unpaired) electrons. The summed E-state index contributed by atoms with van der Waals surface area (Å²) in [5, 5.41) is 10.3. The number of aromatic nitrogens is 2. The van der Waals surface area contributed by atoms with Gasteiger partial charge in [-0.1, -0.05) is 5.92 Å². The first kappa shape index (κ1) is 26.8. The minimum atomic E-state index is -5.77. The maximum absolute atomic E-state index is 12.0. The molecule has 180 valence electrons. The van der Waals surface area contributed by atoms with Crippen LogP contribution in [0.5, 0.6) is 0 Å². The van der Waals surface area contributed by atoms with Crippen LogP contribution in [-0.4, -0.2) is 59.3 Å². The number of aromatic amines is 1. The molecule has 0 aliphatic carbocycles. The van der Waals surface area contributed by atoms with Crippen LogP contribution in [0.1, 0.15) is 12.6 Å². The van der Waals surface area contributed by atoms with E-state index in [2.05, 4.69) is 19.1 Å².